The third-order valence-electron chi connectivity index (χ3n) is 2.87. The SMILES string of the molecule is CCN(Cc1nc(C)no1)Cc1ncccc1C(=O)O. The largest absolute Gasteiger partial charge is 0.478 e. The van der Waals surface area contributed by atoms with Crippen LogP contribution in [0.4, 0.5) is 0 Å². The van der Waals surface area contributed by atoms with Crippen molar-refractivity contribution in [2.24, 2.45) is 0 Å². The van der Waals surface area contributed by atoms with Gasteiger partial charge in [0.2, 0.25) is 5.89 Å². The fourth-order valence-electron chi connectivity index (χ4n) is 1.85. The summed E-state index contributed by atoms with van der Waals surface area (Å²) >= 11 is 0. The zero-order valence-corrected chi connectivity index (χ0v) is 11.4. The molecule has 2 aromatic heterocycles. The molecule has 0 bridgehead atoms. The van der Waals surface area contributed by atoms with Gasteiger partial charge in [0.1, 0.15) is 0 Å². The molecule has 0 unspecified atom stereocenters. The minimum atomic E-state index is -0.974. The van der Waals surface area contributed by atoms with E-state index in [-0.39, 0.29) is 5.56 Å². The molecule has 0 amide bonds. The van der Waals surface area contributed by atoms with Gasteiger partial charge in [-0.2, -0.15) is 4.98 Å². The minimum absolute atomic E-state index is 0.215. The van der Waals surface area contributed by atoms with Crippen molar-refractivity contribution in [1.29, 1.82) is 0 Å². The van der Waals surface area contributed by atoms with Crippen molar-refractivity contribution < 1.29 is 14.4 Å². The monoisotopic (exact) mass is 276 g/mol. The molecule has 7 nitrogen and oxygen atoms in total. The molecule has 20 heavy (non-hydrogen) atoms. The predicted octanol–water partition coefficient (Wildman–Crippen LogP) is 1.49. The summed E-state index contributed by atoms with van der Waals surface area (Å²) in [5, 5.41) is 12.9. The van der Waals surface area contributed by atoms with Crippen LogP contribution in [0.2, 0.25) is 0 Å². The van der Waals surface area contributed by atoms with Gasteiger partial charge in [0, 0.05) is 12.7 Å². The van der Waals surface area contributed by atoms with Crippen molar-refractivity contribution in [3.05, 3.63) is 41.3 Å². The Hall–Kier alpha value is -2.28. The number of hydrogen-bond donors (Lipinski definition) is 1. The van der Waals surface area contributed by atoms with Crippen molar-refractivity contribution in [3.63, 3.8) is 0 Å². The summed E-state index contributed by atoms with van der Waals surface area (Å²) < 4.78 is 5.07. The highest BCUT2D eigenvalue weighted by atomic mass is 16.5. The van der Waals surface area contributed by atoms with E-state index in [4.69, 9.17) is 9.63 Å². The summed E-state index contributed by atoms with van der Waals surface area (Å²) in [6, 6.07) is 3.17. The van der Waals surface area contributed by atoms with E-state index in [1.54, 1.807) is 25.3 Å². The quantitative estimate of drug-likeness (QED) is 0.854. The van der Waals surface area contributed by atoms with Gasteiger partial charge in [-0.1, -0.05) is 12.1 Å². The number of rotatable bonds is 6. The molecule has 2 rings (SSSR count). The Morgan fingerprint density at radius 1 is 1.45 bits per heavy atom. The highest BCUT2D eigenvalue weighted by Gasteiger charge is 2.15. The topological polar surface area (TPSA) is 92.4 Å². The van der Waals surface area contributed by atoms with Gasteiger partial charge in [-0.25, -0.2) is 4.79 Å². The van der Waals surface area contributed by atoms with Gasteiger partial charge in [-0.15, -0.1) is 0 Å². The number of nitrogens with zero attached hydrogens (tertiary/aromatic N) is 4. The number of aryl methyl sites for hydroxylation is 1. The van der Waals surface area contributed by atoms with E-state index in [1.165, 1.54) is 0 Å². The lowest BCUT2D eigenvalue weighted by Crippen LogP contribution is -2.24. The molecule has 2 heterocycles. The molecule has 0 saturated carbocycles. The molecule has 0 aliphatic carbocycles. The number of aromatic carboxylic acids is 1. The van der Waals surface area contributed by atoms with Crippen molar-refractivity contribution in [2.45, 2.75) is 26.9 Å². The zero-order valence-electron chi connectivity index (χ0n) is 11.4. The average Bonchev–Trinajstić information content (AvgIpc) is 2.83. The van der Waals surface area contributed by atoms with E-state index in [0.717, 1.165) is 6.54 Å². The summed E-state index contributed by atoms with van der Waals surface area (Å²) in [4.78, 5) is 21.4. The molecule has 0 atom stereocenters. The standard InChI is InChI=1S/C13H16N4O3/c1-3-17(8-12-15-9(2)16-20-12)7-11-10(13(18)19)5-4-6-14-11/h4-6H,3,7-8H2,1-2H3,(H,18,19). The summed E-state index contributed by atoms with van der Waals surface area (Å²) in [6.07, 6.45) is 1.59. The first-order valence-electron chi connectivity index (χ1n) is 6.29. The van der Waals surface area contributed by atoms with Gasteiger partial charge in [0.25, 0.3) is 0 Å². The van der Waals surface area contributed by atoms with Gasteiger partial charge >= 0.3 is 5.97 Å². The number of carbonyl (C=O) groups is 1. The van der Waals surface area contributed by atoms with Gasteiger partial charge in [-0.3, -0.25) is 9.88 Å². The lowest BCUT2D eigenvalue weighted by atomic mass is 10.2. The van der Waals surface area contributed by atoms with E-state index in [2.05, 4.69) is 15.1 Å². The minimum Gasteiger partial charge on any atom is -0.478 e. The van der Waals surface area contributed by atoms with Crippen LogP contribution in [0.3, 0.4) is 0 Å². The second kappa shape index (κ2) is 6.25. The van der Waals surface area contributed by atoms with Crippen LogP contribution < -0.4 is 0 Å². The van der Waals surface area contributed by atoms with Crippen LogP contribution in [-0.4, -0.2) is 37.6 Å². The lowest BCUT2D eigenvalue weighted by molar-refractivity contribution is 0.0693. The van der Waals surface area contributed by atoms with E-state index in [1.807, 2.05) is 11.8 Å². The predicted molar refractivity (Wildman–Crippen MR) is 70.0 cm³/mol. The summed E-state index contributed by atoms with van der Waals surface area (Å²) in [5.74, 6) is 0.120. The molecule has 2 aromatic rings. The fourth-order valence-corrected chi connectivity index (χ4v) is 1.85. The highest BCUT2D eigenvalue weighted by Crippen LogP contribution is 2.11. The Labute approximate surface area is 116 Å². The molecular weight excluding hydrogens is 260 g/mol. The van der Waals surface area contributed by atoms with Crippen molar-refractivity contribution in [2.75, 3.05) is 6.54 Å². The maximum absolute atomic E-state index is 11.2. The van der Waals surface area contributed by atoms with E-state index < -0.39 is 5.97 Å². The molecule has 1 N–H and O–H groups in total. The van der Waals surface area contributed by atoms with Crippen molar-refractivity contribution in [1.82, 2.24) is 20.0 Å². The normalized spacial score (nSPS) is 10.9. The number of hydrogen-bond acceptors (Lipinski definition) is 6. The van der Waals surface area contributed by atoms with Crippen LogP contribution in [0.1, 0.15) is 34.7 Å². The first kappa shape index (κ1) is 14.1. The third kappa shape index (κ3) is 3.39. The molecule has 0 saturated heterocycles. The Bertz CT molecular complexity index is 597. The summed E-state index contributed by atoms with van der Waals surface area (Å²) in [7, 11) is 0. The first-order chi connectivity index (χ1) is 9.60. The molecule has 106 valence electrons. The molecule has 0 aliphatic heterocycles. The summed E-state index contributed by atoms with van der Waals surface area (Å²) in [6.45, 7) is 5.33. The molecule has 0 aromatic carbocycles. The van der Waals surface area contributed by atoms with Crippen LogP contribution >= 0.6 is 0 Å². The van der Waals surface area contributed by atoms with E-state index >= 15 is 0 Å². The maximum Gasteiger partial charge on any atom is 0.337 e. The Balaban J connectivity index is 2.12. The fraction of sp³-hybridized carbons (Fsp3) is 0.385. The average molecular weight is 276 g/mol. The lowest BCUT2D eigenvalue weighted by Gasteiger charge is -2.18. The van der Waals surface area contributed by atoms with Crippen LogP contribution in [0.25, 0.3) is 0 Å². The van der Waals surface area contributed by atoms with Crippen molar-refractivity contribution in [3.8, 4) is 0 Å². The Kier molecular flexibility index (Phi) is 4.41. The van der Waals surface area contributed by atoms with E-state index in [0.29, 0.717) is 30.5 Å². The van der Waals surface area contributed by atoms with Gasteiger partial charge in [0.15, 0.2) is 5.82 Å². The van der Waals surface area contributed by atoms with Crippen LogP contribution in [0.5, 0.6) is 0 Å². The van der Waals surface area contributed by atoms with Gasteiger partial charge in [-0.05, 0) is 25.6 Å². The zero-order chi connectivity index (χ0) is 14.5. The number of pyridine rings is 1. The number of carboxylic acids is 1. The molecule has 7 heteroatoms. The molecule has 0 spiro atoms. The Morgan fingerprint density at radius 2 is 2.25 bits per heavy atom. The Morgan fingerprint density at radius 3 is 2.85 bits per heavy atom. The van der Waals surface area contributed by atoms with Crippen LogP contribution in [0, 0.1) is 6.92 Å². The molecule has 0 aliphatic rings. The molecule has 0 radical (unpaired) electrons. The highest BCUT2D eigenvalue weighted by molar-refractivity contribution is 5.88. The molecular formula is C13H16N4O3. The second-order valence-corrected chi connectivity index (χ2v) is 4.34. The third-order valence-corrected chi connectivity index (χ3v) is 2.87. The second-order valence-electron chi connectivity index (χ2n) is 4.34. The smallest absolute Gasteiger partial charge is 0.337 e. The van der Waals surface area contributed by atoms with Gasteiger partial charge in [0.05, 0.1) is 17.8 Å². The van der Waals surface area contributed by atoms with Crippen LogP contribution in [-0.2, 0) is 13.1 Å². The van der Waals surface area contributed by atoms with E-state index in [9.17, 15) is 4.79 Å². The number of carboxylic acid groups (broad SMARTS) is 1. The van der Waals surface area contributed by atoms with Crippen molar-refractivity contribution >= 4 is 5.97 Å². The number of aromatic nitrogens is 3. The van der Waals surface area contributed by atoms with Crippen LogP contribution in [0.15, 0.2) is 22.9 Å². The first-order valence-corrected chi connectivity index (χ1v) is 6.29. The summed E-state index contributed by atoms with van der Waals surface area (Å²) in [5.41, 5.74) is 0.741. The maximum atomic E-state index is 11.2. The molecule has 0 fully saturated rings. The van der Waals surface area contributed by atoms with Gasteiger partial charge < -0.3 is 9.63 Å².